The average molecular weight is 512 g/mol. The van der Waals surface area contributed by atoms with Gasteiger partial charge in [-0.05, 0) is 43.2 Å². The number of carbonyl (C=O) groups is 1. The SMILES string of the molecule is O=C1[C@H](Cc2c(Cl)cc(OS(=O)(=O)C(F)(F)F)cc2Cl)CCN1C1CCc2[nH]ncc2C1. The van der Waals surface area contributed by atoms with Gasteiger partial charge in [0, 0.05) is 46.4 Å². The van der Waals surface area contributed by atoms with E-state index < -0.39 is 21.4 Å². The zero-order valence-corrected chi connectivity index (χ0v) is 18.8. The molecule has 1 fully saturated rings. The van der Waals surface area contributed by atoms with Gasteiger partial charge in [0.05, 0.1) is 6.20 Å². The van der Waals surface area contributed by atoms with Gasteiger partial charge in [0.15, 0.2) is 0 Å². The molecule has 1 aliphatic carbocycles. The standard InChI is InChI=1S/C19H18Cl2F3N3O4S/c20-15-7-13(31-32(29,30)19(22,23)24)8-16(21)14(15)6-10-3-4-27(18(10)28)12-1-2-17-11(5-12)9-25-26-17/h7-10,12H,1-6H2,(H,25,26)/t10-,12?/m0/s1. The van der Waals surface area contributed by atoms with Crippen molar-refractivity contribution in [3.8, 4) is 5.75 Å². The number of aryl methyl sites for hydroxylation is 1. The normalized spacial score (nSPS) is 21.7. The van der Waals surface area contributed by atoms with Crippen molar-refractivity contribution < 1.29 is 30.6 Å². The van der Waals surface area contributed by atoms with Crippen LogP contribution in [0.2, 0.25) is 10.0 Å². The van der Waals surface area contributed by atoms with Crippen LogP contribution in [0.1, 0.15) is 29.7 Å². The lowest BCUT2D eigenvalue weighted by molar-refractivity contribution is -0.133. The van der Waals surface area contributed by atoms with Gasteiger partial charge in [0.2, 0.25) is 5.91 Å². The van der Waals surface area contributed by atoms with E-state index >= 15 is 0 Å². The zero-order chi connectivity index (χ0) is 23.3. The maximum absolute atomic E-state index is 13.0. The van der Waals surface area contributed by atoms with Crippen LogP contribution < -0.4 is 4.18 Å². The van der Waals surface area contributed by atoms with Gasteiger partial charge >= 0.3 is 15.6 Å². The number of hydrogen-bond acceptors (Lipinski definition) is 5. The number of nitrogens with one attached hydrogen (secondary N) is 1. The van der Waals surface area contributed by atoms with Gasteiger partial charge in [-0.3, -0.25) is 9.89 Å². The fraction of sp³-hybridized carbons (Fsp3) is 0.474. The Labute approximate surface area is 191 Å². The Morgan fingerprint density at radius 2 is 1.91 bits per heavy atom. The van der Waals surface area contributed by atoms with Gasteiger partial charge in [-0.2, -0.15) is 26.7 Å². The van der Waals surface area contributed by atoms with E-state index in [2.05, 4.69) is 14.4 Å². The fourth-order valence-electron chi connectivity index (χ4n) is 4.22. The third kappa shape index (κ3) is 4.42. The first kappa shape index (κ1) is 23.2. The molecule has 2 heterocycles. The summed E-state index contributed by atoms with van der Waals surface area (Å²) in [5.41, 5.74) is -3.03. The summed E-state index contributed by atoms with van der Waals surface area (Å²) >= 11 is 12.3. The van der Waals surface area contributed by atoms with E-state index in [0.29, 0.717) is 18.5 Å². The minimum absolute atomic E-state index is 0.0333. The number of nitrogens with zero attached hydrogens (tertiary/aromatic N) is 2. The number of halogens is 5. The molecule has 1 aliphatic heterocycles. The van der Waals surface area contributed by atoms with Crippen molar-refractivity contribution in [3.63, 3.8) is 0 Å². The first-order valence-corrected chi connectivity index (χ1v) is 11.9. The Bertz CT molecular complexity index is 1130. The first-order chi connectivity index (χ1) is 15.0. The van der Waals surface area contributed by atoms with E-state index in [0.717, 1.165) is 42.7 Å². The molecule has 2 aromatic rings. The summed E-state index contributed by atoms with van der Waals surface area (Å²) in [4.78, 5) is 14.9. The number of aromatic amines is 1. The summed E-state index contributed by atoms with van der Waals surface area (Å²) in [5.74, 6) is -1.07. The van der Waals surface area contributed by atoms with Gasteiger partial charge < -0.3 is 9.08 Å². The maximum Gasteiger partial charge on any atom is 0.534 e. The van der Waals surface area contributed by atoms with Crippen molar-refractivity contribution in [1.29, 1.82) is 0 Å². The van der Waals surface area contributed by atoms with E-state index in [9.17, 15) is 26.4 Å². The molecule has 2 aliphatic rings. The van der Waals surface area contributed by atoms with E-state index in [4.69, 9.17) is 23.2 Å². The molecule has 1 unspecified atom stereocenters. The summed E-state index contributed by atoms with van der Waals surface area (Å²) in [5, 5.41) is 6.87. The Hall–Kier alpha value is -1.98. The molecule has 32 heavy (non-hydrogen) atoms. The Morgan fingerprint density at radius 1 is 1.22 bits per heavy atom. The molecule has 1 saturated heterocycles. The lowest BCUT2D eigenvalue weighted by Crippen LogP contribution is -2.41. The number of hydrogen-bond donors (Lipinski definition) is 1. The average Bonchev–Trinajstić information content (AvgIpc) is 3.29. The third-order valence-corrected chi connectivity index (χ3v) is 7.49. The van der Waals surface area contributed by atoms with Crippen LogP contribution in [0.4, 0.5) is 13.2 Å². The number of benzene rings is 1. The predicted molar refractivity (Wildman–Crippen MR) is 110 cm³/mol. The van der Waals surface area contributed by atoms with E-state index in [1.807, 2.05) is 4.90 Å². The molecule has 0 bridgehead atoms. The second-order valence-electron chi connectivity index (χ2n) is 7.84. The monoisotopic (exact) mass is 511 g/mol. The highest BCUT2D eigenvalue weighted by Crippen LogP contribution is 2.37. The zero-order valence-electron chi connectivity index (χ0n) is 16.5. The molecule has 0 saturated carbocycles. The van der Waals surface area contributed by atoms with Crippen molar-refractivity contribution in [1.82, 2.24) is 15.1 Å². The Balaban J connectivity index is 1.46. The van der Waals surface area contributed by atoms with Crippen LogP contribution in [0, 0.1) is 5.92 Å². The molecule has 4 rings (SSSR count). The van der Waals surface area contributed by atoms with Crippen molar-refractivity contribution >= 4 is 39.2 Å². The highest BCUT2D eigenvalue weighted by molar-refractivity contribution is 7.88. The molecular formula is C19H18Cl2F3N3O4S. The minimum atomic E-state index is -5.85. The molecule has 1 aromatic heterocycles. The summed E-state index contributed by atoms with van der Waals surface area (Å²) in [6, 6.07) is 1.97. The van der Waals surface area contributed by atoms with E-state index in [-0.39, 0.29) is 34.3 Å². The Kier molecular flexibility index (Phi) is 6.10. The molecule has 0 spiro atoms. The van der Waals surface area contributed by atoms with E-state index in [1.54, 1.807) is 6.20 Å². The molecule has 2 atom stereocenters. The minimum Gasteiger partial charge on any atom is -0.376 e. The van der Waals surface area contributed by atoms with Crippen LogP contribution in [-0.4, -0.2) is 47.5 Å². The lowest BCUT2D eigenvalue weighted by atomic mass is 9.92. The fourth-order valence-corrected chi connectivity index (χ4v) is 5.29. The molecule has 1 amide bonds. The highest BCUT2D eigenvalue weighted by atomic mass is 35.5. The molecular weight excluding hydrogens is 494 g/mol. The summed E-state index contributed by atoms with van der Waals surface area (Å²) in [7, 11) is -5.85. The molecule has 0 radical (unpaired) electrons. The third-order valence-electron chi connectivity index (χ3n) is 5.84. The van der Waals surface area contributed by atoms with Crippen LogP contribution in [0.25, 0.3) is 0 Å². The number of likely N-dealkylation sites (tertiary alicyclic amines) is 1. The van der Waals surface area contributed by atoms with Crippen molar-refractivity contribution in [2.75, 3.05) is 6.54 Å². The summed E-state index contributed by atoms with van der Waals surface area (Å²) in [6.07, 6.45) is 4.92. The van der Waals surface area contributed by atoms with Crippen LogP contribution in [-0.2, 0) is 34.2 Å². The predicted octanol–water partition coefficient (Wildman–Crippen LogP) is 3.89. The quantitative estimate of drug-likeness (QED) is 0.485. The number of amides is 1. The van der Waals surface area contributed by atoms with Gasteiger partial charge in [-0.25, -0.2) is 0 Å². The van der Waals surface area contributed by atoms with Crippen molar-refractivity contribution in [3.05, 3.63) is 45.2 Å². The van der Waals surface area contributed by atoms with Crippen molar-refractivity contribution in [2.45, 2.75) is 43.7 Å². The number of alkyl halides is 3. The van der Waals surface area contributed by atoms with Gasteiger partial charge in [0.25, 0.3) is 0 Å². The van der Waals surface area contributed by atoms with Crippen LogP contribution in [0.15, 0.2) is 18.3 Å². The van der Waals surface area contributed by atoms with Gasteiger partial charge in [0.1, 0.15) is 5.75 Å². The largest absolute Gasteiger partial charge is 0.534 e. The second kappa shape index (κ2) is 8.42. The number of fused-ring (bicyclic) bond motifs is 1. The maximum atomic E-state index is 13.0. The molecule has 13 heteroatoms. The molecule has 1 N–H and O–H groups in total. The topological polar surface area (TPSA) is 92.4 Å². The number of aromatic nitrogens is 2. The van der Waals surface area contributed by atoms with Crippen LogP contribution in [0.5, 0.6) is 5.75 Å². The van der Waals surface area contributed by atoms with Crippen molar-refractivity contribution in [2.24, 2.45) is 5.92 Å². The smallest absolute Gasteiger partial charge is 0.376 e. The van der Waals surface area contributed by atoms with Crippen LogP contribution in [0.3, 0.4) is 0 Å². The van der Waals surface area contributed by atoms with Gasteiger partial charge in [-0.1, -0.05) is 23.2 Å². The van der Waals surface area contributed by atoms with E-state index in [1.165, 1.54) is 0 Å². The highest BCUT2D eigenvalue weighted by Gasteiger charge is 2.48. The summed E-state index contributed by atoms with van der Waals surface area (Å²) in [6.45, 7) is 0.585. The molecule has 7 nitrogen and oxygen atoms in total. The molecule has 1 aromatic carbocycles. The molecule has 174 valence electrons. The summed E-state index contributed by atoms with van der Waals surface area (Å²) < 4.78 is 64.1. The number of H-pyrrole nitrogens is 1. The number of carbonyl (C=O) groups excluding carboxylic acids is 1. The first-order valence-electron chi connectivity index (χ1n) is 9.76. The number of rotatable bonds is 5. The Morgan fingerprint density at radius 3 is 2.56 bits per heavy atom. The lowest BCUT2D eigenvalue weighted by Gasteiger charge is -2.31. The second-order valence-corrected chi connectivity index (χ2v) is 10.2. The van der Waals surface area contributed by atoms with Crippen LogP contribution >= 0.6 is 23.2 Å². The van der Waals surface area contributed by atoms with Gasteiger partial charge in [-0.15, -0.1) is 0 Å².